The summed E-state index contributed by atoms with van der Waals surface area (Å²) in [6.45, 7) is 34.6. The Morgan fingerprint density at radius 2 is 0.847 bits per heavy atom. The second-order valence-electron chi connectivity index (χ2n) is 33.6. The molecule has 4 aliphatic heterocycles. The quantitative estimate of drug-likeness (QED) is 0.0225. The number of nitrogens with one attached hydrogen (secondary N) is 4. The van der Waals surface area contributed by atoms with E-state index < -0.39 is 138 Å². The molecule has 0 unspecified atom stereocenters. The van der Waals surface area contributed by atoms with Crippen LogP contribution in [0.25, 0.3) is 44.1 Å². The summed E-state index contributed by atoms with van der Waals surface area (Å²) in [6, 6.07) is 4.19. The minimum atomic E-state index is -1.39. The van der Waals surface area contributed by atoms with Crippen molar-refractivity contribution >= 4 is 209 Å². The predicted molar refractivity (Wildman–Crippen MR) is 542 cm³/mol. The first kappa shape index (κ1) is 129. The number of carboxylic acids is 2. The Morgan fingerprint density at radius 3 is 1.13 bits per heavy atom. The molecule has 0 spiro atoms. The zero-order valence-corrected chi connectivity index (χ0v) is 93.1. The maximum atomic E-state index is 14.4. The summed E-state index contributed by atoms with van der Waals surface area (Å²) in [5.74, 6) is -4.96. The fraction of sp³-hybridized carbons (Fsp3) is 0.535. The average Bonchev–Trinajstić information content (AvgIpc) is 1.62. The second kappa shape index (κ2) is 64.0. The van der Waals surface area contributed by atoms with Gasteiger partial charge in [-0.05, 0) is 199 Å². The Labute approximate surface area is 873 Å². The van der Waals surface area contributed by atoms with E-state index >= 15 is 0 Å². The maximum Gasteiger partial charge on any atom is 0.411 e. The van der Waals surface area contributed by atoms with Gasteiger partial charge < -0.3 is 51.6 Å². The van der Waals surface area contributed by atoms with Crippen LogP contribution < -0.4 is 27.0 Å². The SMILES string of the molecule is CC(=O)c1nn(CC(=O)N2C[C@H](F)C[C@H]2C(=O)N[C@@H](C)C(F)=C(C)C)c2ccc(-c3cnc(C)nc3)cc12.CC(=O)c1nn(CC(=O)O)c2ccc(-c3cnc(C)nc3)cc12.CC(C)(C)OC(=O)N1C[C@H](F)C[C@H]1C(=O)O.CC(C)=C(F)[C@H](C)N.CC(C)=C(F)[C@H](C)NC(=O)[C@@H]1C[C@@H](F)CN1.CC(C)=C(F)[C@H](C)NC(=O)[C@@H]1C[C@@H](F)CN1C(=O)OC(C)(C)C.Cl.S.S=S.S=S=S.S=S=S=S.[3H][B][3H].[U]. The number of alkyl halides is 4. The van der Waals surface area contributed by atoms with Gasteiger partial charge in [-0.15, -0.1) is 12.4 Å². The van der Waals surface area contributed by atoms with Crippen LogP contribution >= 0.6 is 25.9 Å². The molecule has 12 atom stereocenters. The van der Waals surface area contributed by atoms with Gasteiger partial charge in [0.25, 0.3) is 0 Å². The first-order valence-electron chi connectivity index (χ1n) is 42.3. The van der Waals surface area contributed by atoms with E-state index in [2.05, 4.69) is 119 Å². The van der Waals surface area contributed by atoms with Crippen molar-refractivity contribution in [1.82, 2.24) is 75.5 Å². The number of hydrogen-bond acceptors (Lipinski definition) is 26. The third kappa shape index (κ3) is 44.6. The summed E-state index contributed by atoms with van der Waals surface area (Å²) in [5.41, 5.74) is 10.6. The molecule has 8 N–H and O–H groups in total. The minimum Gasteiger partial charge on any atom is -0.480 e. The van der Waals surface area contributed by atoms with E-state index in [1.54, 1.807) is 168 Å². The number of carbonyl (C=O) groups excluding carboxylic acids is 8. The van der Waals surface area contributed by atoms with Gasteiger partial charge in [-0.2, -0.15) is 23.7 Å². The number of Topliss-reactive ketones (excluding diaryl/α,β-unsaturated/α-hetero) is 2. The number of carboxylic acid groups (broad SMARTS) is 2. The van der Waals surface area contributed by atoms with Crippen molar-refractivity contribution in [2.75, 3.05) is 26.2 Å². The zero-order valence-electron chi connectivity index (χ0n) is 81.7. The van der Waals surface area contributed by atoms with Crippen LogP contribution in [-0.2, 0) is 145 Å². The molecule has 30 nitrogen and oxygen atoms in total. The van der Waals surface area contributed by atoms with Crippen molar-refractivity contribution in [2.45, 2.75) is 275 Å². The standard InChI is InChI=1S/C27H30F2N6O3.C16H26F2N2O3.C16H14N4O3.C11H18F2N2O.C10H16FNO4.C6H12FN.BH2.ClH.S4.S3.S2.H2S.U/c1-14(2)25(29)15(3)32-27(38)23-9-20(28)12-34(23)24(37)13-35-22-7-6-18(19-10-30-17(5)31-11-19)8-21(22)26(33-35)16(4)36;1-9(2)13(18)10(3)19-14(21)12-7-11(17)8-20(12)15(22)23-16(4,5)6;1-9(21)16-13-5-11(12-6-17-10(2)18-7-12)3-4-14(13)20(19-16)8-15(22)23;1-6(2)10(13)7(3)15-11(16)9-4-8(12)5-14-9;1-10(2,3)16-9(15)12-5-6(11)4-7(12)8(13)14;1-4(2)6(7)5(3)8;;;1-3-4-2;1-3-2;1-2;;/h6-8,10-11,15,20,23H,9,12-13H2,1-5H3,(H,32,38);10-12H,7-8H2,1-6H3,(H,19,21);3-7H,8H2,1-2H3,(H,22,23);7-9,14H,4-5H2,1-3H3,(H,15,16);6-7H,4-5H2,1-3H3,(H,13,14);5H,8H2,1-3H3;1H2;1H;;;;1H2;/t15-,20+,23-;10-,11+,12-;;7-,8+,9-;6-,7+;5-;;;;;;;/m00.010......./s1/i;;;;;;1T2;;;;;;. The summed E-state index contributed by atoms with van der Waals surface area (Å²) in [7, 11) is 3.76. The molecule has 2 aromatic carbocycles. The third-order valence-corrected chi connectivity index (χ3v) is 21.4. The number of carbonyl (C=O) groups is 10. The third-order valence-electron chi connectivity index (χ3n) is 19.1. The number of benzene rings is 2. The minimum absolute atomic E-state index is 0. The van der Waals surface area contributed by atoms with Crippen molar-refractivity contribution in [3.63, 3.8) is 0 Å². The van der Waals surface area contributed by atoms with Crippen LogP contribution in [0, 0.1) is 45.0 Å². The van der Waals surface area contributed by atoms with Gasteiger partial charge in [-0.3, -0.25) is 52.7 Å². The van der Waals surface area contributed by atoms with E-state index in [9.17, 15) is 83.1 Å². The van der Waals surface area contributed by atoms with Gasteiger partial charge in [0.1, 0.15) is 113 Å². The van der Waals surface area contributed by atoms with Crippen molar-refractivity contribution in [2.24, 2.45) is 5.73 Å². The van der Waals surface area contributed by atoms with Gasteiger partial charge in [-0.1, -0.05) is 12.1 Å². The Hall–Kier alpha value is -7.70. The number of fused-ring (bicyclic) bond motifs is 2. The monoisotopic (exact) mass is 2360 g/mol. The first-order chi connectivity index (χ1) is 63.2. The van der Waals surface area contributed by atoms with E-state index in [0.717, 1.165) is 45.8 Å². The molecule has 137 heavy (non-hydrogen) atoms. The Bertz CT molecular complexity index is 5370. The van der Waals surface area contributed by atoms with E-state index in [1.165, 1.54) is 54.8 Å². The van der Waals surface area contributed by atoms with Crippen molar-refractivity contribution in [3.05, 3.63) is 130 Å². The van der Waals surface area contributed by atoms with Crippen LogP contribution in [0.5, 0.6) is 0 Å². The predicted octanol–water partition coefficient (Wildman–Crippen LogP) is 13.0. The number of halogens is 9. The number of aliphatic carboxylic acids is 2. The fourth-order valence-electron chi connectivity index (χ4n) is 13.1. The van der Waals surface area contributed by atoms with Crippen LogP contribution in [0.2, 0.25) is 0 Å². The molecule has 6 amide bonds. The smallest absolute Gasteiger partial charge is 0.411 e. The van der Waals surface area contributed by atoms with Crippen LogP contribution in [0.4, 0.5) is 44.7 Å². The van der Waals surface area contributed by atoms with Gasteiger partial charge in [0, 0.05) is 218 Å². The summed E-state index contributed by atoms with van der Waals surface area (Å²) in [6.07, 6.45) is -0.0266. The van der Waals surface area contributed by atoms with Crippen molar-refractivity contribution in [3.8, 4) is 22.3 Å². The van der Waals surface area contributed by atoms with Gasteiger partial charge in [0.05, 0.1) is 69.2 Å². The number of aryl methyl sites for hydroxylation is 2. The van der Waals surface area contributed by atoms with Gasteiger partial charge in [0.15, 0.2) is 11.6 Å². The summed E-state index contributed by atoms with van der Waals surface area (Å²) in [5, 5.41) is 37.8. The van der Waals surface area contributed by atoms with Crippen molar-refractivity contribution < 1.29 is 134 Å². The van der Waals surface area contributed by atoms with E-state index in [1.807, 2.05) is 18.2 Å². The van der Waals surface area contributed by atoms with Gasteiger partial charge in [-0.25, -0.2) is 69.4 Å². The maximum absolute atomic E-state index is 14.4. The zero-order chi connectivity index (χ0) is 105. The Balaban J connectivity index is -0.00000162. The molecule has 10 rings (SSSR count). The molecule has 0 bridgehead atoms. The van der Waals surface area contributed by atoms with Crippen molar-refractivity contribution in [1.29, 1.82) is 2.67 Å². The van der Waals surface area contributed by atoms with Crippen LogP contribution in [0.15, 0.2) is 107 Å². The summed E-state index contributed by atoms with van der Waals surface area (Å²) in [4.78, 5) is 140. The van der Waals surface area contributed by atoms with Crippen LogP contribution in [-0.4, -0.2) is 245 Å². The molecule has 4 saturated heterocycles. The Kier molecular flexibility index (Phi) is 60.4. The Morgan fingerprint density at radius 1 is 0.533 bits per heavy atom. The molecule has 1 radical (unpaired) electrons. The largest absolute Gasteiger partial charge is 0.480 e. The summed E-state index contributed by atoms with van der Waals surface area (Å²) < 4.78 is 132. The molecule has 4 aliphatic rings. The summed E-state index contributed by atoms with van der Waals surface area (Å²) >= 11 is 24.2. The van der Waals surface area contributed by atoms with E-state index in [4.69, 9.17) is 28.1 Å². The molecule has 51 heteroatoms. The molecule has 4 aromatic heterocycles. The molecular weight excluding hydrogens is 2240 g/mol. The number of rotatable bonds is 19. The molecule has 6 aromatic rings. The van der Waals surface area contributed by atoms with E-state index in [0.29, 0.717) is 64.1 Å². The molecular formula is C86H121BClF8N16O14S10U. The normalized spacial score (nSPS) is 17.8. The first-order valence-corrected chi connectivity index (χ1v) is 49.1. The number of likely N-dealkylation sites (tertiary alicyclic amines) is 3. The molecule has 8 heterocycles. The van der Waals surface area contributed by atoms with Gasteiger partial charge >= 0.3 is 24.1 Å². The fourth-order valence-corrected chi connectivity index (χ4v) is 13.1. The molecule has 759 valence electrons. The molecule has 0 saturated carbocycles. The second-order valence-corrected chi connectivity index (χ2v) is 38.9. The molecule has 0 aliphatic carbocycles. The number of amides is 6. The number of allylic oxidation sites excluding steroid dienone is 4. The number of nitrogens with two attached hydrogens (primary N) is 1. The number of ketones is 2. The van der Waals surface area contributed by atoms with Crippen LogP contribution in [0.3, 0.4) is 0 Å². The molecule has 4 fully saturated rings. The number of aromatic nitrogens is 8. The topological polar surface area (TPSA) is 401 Å². The van der Waals surface area contributed by atoms with Gasteiger partial charge in [0.2, 0.25) is 23.6 Å². The number of nitrogens with zero attached hydrogens (tertiary/aromatic N) is 11. The average molecular weight is 2360 g/mol. The number of ether oxygens (including phenoxy) is 2. The van der Waals surface area contributed by atoms with E-state index in [-0.39, 0.29) is 162 Å². The number of hydrogen-bond donors (Lipinski definition) is 7. The van der Waals surface area contributed by atoms with Crippen LogP contribution in [0.1, 0.15) is 197 Å².